The SMILES string of the molecule is COc1cc2c(Oc3ccc(NC(=O)c4ccnn(-c5ccc(F)cc5)c4=O)cc3F)ccnc2cc1OCCCN1CCCCC1. The number of rotatable bonds is 11. The maximum Gasteiger partial charge on any atom is 0.284 e. The number of pyridine rings is 1. The Hall–Kier alpha value is -5.36. The Labute approximate surface area is 269 Å². The number of nitrogens with zero attached hydrogens (tertiary/aromatic N) is 4. The standard InChI is InChI=1S/C35H33F2N5O5/c1-45-32-21-27-29(22-33(32)46-19-5-18-41-16-3-2-4-17-41)38-14-13-30(27)47-31-11-8-24(20-28(31)37)40-34(43)26-12-15-39-42(35(26)44)25-9-6-23(36)7-10-25/h6-15,20-22H,2-5,16-19H2,1H3,(H,40,43). The number of hydrogen-bond donors (Lipinski definition) is 1. The zero-order valence-corrected chi connectivity index (χ0v) is 25.7. The van der Waals surface area contributed by atoms with Crippen molar-refractivity contribution in [3.05, 3.63) is 107 Å². The van der Waals surface area contributed by atoms with E-state index in [1.807, 2.05) is 0 Å². The zero-order valence-electron chi connectivity index (χ0n) is 25.7. The van der Waals surface area contributed by atoms with Crippen LogP contribution in [0.3, 0.4) is 0 Å². The number of aromatic nitrogens is 3. The summed E-state index contributed by atoms with van der Waals surface area (Å²) in [5.74, 6) is -0.664. The van der Waals surface area contributed by atoms with Crippen molar-refractivity contribution in [1.29, 1.82) is 0 Å². The van der Waals surface area contributed by atoms with Gasteiger partial charge in [0.1, 0.15) is 17.1 Å². The maximum absolute atomic E-state index is 15.3. The van der Waals surface area contributed by atoms with Crippen LogP contribution in [0, 0.1) is 11.6 Å². The third-order valence-corrected chi connectivity index (χ3v) is 7.88. The molecule has 0 spiro atoms. The lowest BCUT2D eigenvalue weighted by molar-refractivity contribution is 0.102. The van der Waals surface area contributed by atoms with Crippen LogP contribution in [0.1, 0.15) is 36.0 Å². The molecule has 0 radical (unpaired) electrons. The Balaban J connectivity index is 1.14. The molecule has 1 saturated heterocycles. The van der Waals surface area contributed by atoms with Crippen LogP contribution in [0.15, 0.2) is 83.9 Å². The van der Waals surface area contributed by atoms with E-state index in [2.05, 4.69) is 20.3 Å². The average molecular weight is 642 g/mol. The Bertz CT molecular complexity index is 1940. The third-order valence-electron chi connectivity index (χ3n) is 7.88. The van der Waals surface area contributed by atoms with E-state index in [0.29, 0.717) is 34.8 Å². The van der Waals surface area contributed by atoms with Gasteiger partial charge in [-0.05, 0) is 86.9 Å². The number of methoxy groups -OCH3 is 1. The molecule has 1 amide bonds. The van der Waals surface area contributed by atoms with Gasteiger partial charge >= 0.3 is 0 Å². The van der Waals surface area contributed by atoms with Crippen molar-refractivity contribution in [3.8, 4) is 28.7 Å². The molecule has 47 heavy (non-hydrogen) atoms. The molecule has 12 heteroatoms. The van der Waals surface area contributed by atoms with Crippen LogP contribution in [0.2, 0.25) is 0 Å². The van der Waals surface area contributed by atoms with Gasteiger partial charge in [-0.25, -0.2) is 8.78 Å². The van der Waals surface area contributed by atoms with Gasteiger partial charge in [0.2, 0.25) is 0 Å². The molecule has 0 aliphatic carbocycles. The number of carbonyl (C=O) groups is 1. The van der Waals surface area contributed by atoms with E-state index < -0.39 is 23.1 Å². The molecule has 3 heterocycles. The lowest BCUT2D eigenvalue weighted by atomic mass is 10.1. The fraction of sp³-hybridized carbons (Fsp3) is 0.257. The molecule has 0 unspecified atom stereocenters. The molecule has 6 rings (SSSR count). The number of carbonyl (C=O) groups excluding carboxylic acids is 1. The van der Waals surface area contributed by atoms with E-state index in [9.17, 15) is 14.0 Å². The number of halogens is 2. The Morgan fingerprint density at radius 1 is 0.894 bits per heavy atom. The van der Waals surface area contributed by atoms with Gasteiger partial charge in [-0.2, -0.15) is 9.78 Å². The highest BCUT2D eigenvalue weighted by molar-refractivity contribution is 6.04. The number of likely N-dealkylation sites (tertiary alicyclic amines) is 1. The minimum absolute atomic E-state index is 0.0879. The van der Waals surface area contributed by atoms with Crippen LogP contribution in [0.5, 0.6) is 23.0 Å². The fourth-order valence-electron chi connectivity index (χ4n) is 5.47. The fourth-order valence-corrected chi connectivity index (χ4v) is 5.47. The predicted octanol–water partition coefficient (Wildman–Crippen LogP) is 6.37. The van der Waals surface area contributed by atoms with Crippen LogP contribution >= 0.6 is 0 Å². The van der Waals surface area contributed by atoms with Crippen molar-refractivity contribution in [2.24, 2.45) is 0 Å². The predicted molar refractivity (Wildman–Crippen MR) is 173 cm³/mol. The largest absolute Gasteiger partial charge is 0.493 e. The van der Waals surface area contributed by atoms with Gasteiger partial charge in [0, 0.05) is 42.1 Å². The highest BCUT2D eigenvalue weighted by Gasteiger charge is 2.17. The van der Waals surface area contributed by atoms with Crippen molar-refractivity contribution < 1.29 is 27.8 Å². The summed E-state index contributed by atoms with van der Waals surface area (Å²) < 4.78 is 47.1. The molecule has 1 fully saturated rings. The number of amides is 1. The normalized spacial score (nSPS) is 13.3. The second kappa shape index (κ2) is 14.4. The smallest absolute Gasteiger partial charge is 0.284 e. The van der Waals surface area contributed by atoms with Gasteiger partial charge in [0.05, 0.1) is 24.9 Å². The molecule has 0 atom stereocenters. The van der Waals surface area contributed by atoms with Gasteiger partial charge in [0.15, 0.2) is 23.1 Å². The van der Waals surface area contributed by atoms with Crippen molar-refractivity contribution in [2.45, 2.75) is 25.7 Å². The van der Waals surface area contributed by atoms with E-state index >= 15 is 4.39 Å². The Morgan fingerprint density at radius 2 is 1.70 bits per heavy atom. The first kappa shape index (κ1) is 31.6. The van der Waals surface area contributed by atoms with Crippen LogP contribution in [-0.2, 0) is 0 Å². The quantitative estimate of drug-likeness (QED) is 0.166. The van der Waals surface area contributed by atoms with Crippen LogP contribution in [-0.4, -0.2) is 58.9 Å². The van der Waals surface area contributed by atoms with Gasteiger partial charge < -0.3 is 24.4 Å². The van der Waals surface area contributed by atoms with E-state index in [1.165, 1.54) is 67.9 Å². The number of ether oxygens (including phenoxy) is 3. The summed E-state index contributed by atoms with van der Waals surface area (Å²) in [5.41, 5.74) is 0.0254. The molecule has 0 bridgehead atoms. The molecule has 242 valence electrons. The first-order chi connectivity index (χ1) is 22.9. The summed E-state index contributed by atoms with van der Waals surface area (Å²) in [6.07, 6.45) is 7.52. The number of nitrogens with one attached hydrogen (secondary N) is 1. The van der Waals surface area contributed by atoms with Gasteiger partial charge in [0.25, 0.3) is 11.5 Å². The molecule has 1 aliphatic heterocycles. The average Bonchev–Trinajstić information content (AvgIpc) is 3.08. The zero-order chi connectivity index (χ0) is 32.8. The molecule has 2 aromatic heterocycles. The Morgan fingerprint density at radius 3 is 2.47 bits per heavy atom. The monoisotopic (exact) mass is 641 g/mol. The Kier molecular flexibility index (Phi) is 9.67. The van der Waals surface area contributed by atoms with E-state index in [4.69, 9.17) is 14.2 Å². The summed E-state index contributed by atoms with van der Waals surface area (Å²) >= 11 is 0. The van der Waals surface area contributed by atoms with Crippen LogP contribution in [0.4, 0.5) is 14.5 Å². The van der Waals surface area contributed by atoms with Gasteiger partial charge in [-0.15, -0.1) is 0 Å². The topological polar surface area (TPSA) is 108 Å². The minimum Gasteiger partial charge on any atom is -0.493 e. The second-order valence-corrected chi connectivity index (χ2v) is 11.1. The van der Waals surface area contributed by atoms with Crippen LogP contribution in [0.25, 0.3) is 16.6 Å². The number of anilines is 1. The van der Waals surface area contributed by atoms with Crippen LogP contribution < -0.4 is 25.1 Å². The molecule has 10 nitrogen and oxygen atoms in total. The molecule has 1 N–H and O–H groups in total. The van der Waals surface area contributed by atoms with Crippen molar-refractivity contribution >= 4 is 22.5 Å². The first-order valence-corrected chi connectivity index (χ1v) is 15.3. The maximum atomic E-state index is 15.3. The van der Waals surface area contributed by atoms with Crippen molar-refractivity contribution in [1.82, 2.24) is 19.7 Å². The molecule has 0 saturated carbocycles. The molecular formula is C35H33F2N5O5. The summed E-state index contributed by atoms with van der Waals surface area (Å²) in [6.45, 7) is 3.80. The number of piperidine rings is 1. The summed E-state index contributed by atoms with van der Waals surface area (Å²) in [7, 11) is 1.55. The number of benzene rings is 3. The second-order valence-electron chi connectivity index (χ2n) is 11.1. The van der Waals surface area contributed by atoms with Crippen molar-refractivity contribution in [3.63, 3.8) is 0 Å². The number of hydrogen-bond acceptors (Lipinski definition) is 8. The lowest BCUT2D eigenvalue weighted by Gasteiger charge is -2.26. The van der Waals surface area contributed by atoms with Crippen molar-refractivity contribution in [2.75, 3.05) is 38.7 Å². The minimum atomic E-state index is -0.766. The summed E-state index contributed by atoms with van der Waals surface area (Å²) in [4.78, 5) is 32.8. The third kappa shape index (κ3) is 7.39. The molecule has 5 aromatic rings. The molecule has 1 aliphatic rings. The van der Waals surface area contributed by atoms with E-state index in [1.54, 1.807) is 31.5 Å². The summed E-state index contributed by atoms with van der Waals surface area (Å²) in [6, 6.07) is 15.4. The van der Waals surface area contributed by atoms with Gasteiger partial charge in [-0.1, -0.05) is 6.42 Å². The van der Waals surface area contributed by atoms with E-state index in [0.717, 1.165) is 36.8 Å². The first-order valence-electron chi connectivity index (χ1n) is 15.3. The number of fused-ring (bicyclic) bond motifs is 1. The van der Waals surface area contributed by atoms with Gasteiger partial charge in [-0.3, -0.25) is 14.6 Å². The molecular weight excluding hydrogens is 608 g/mol. The highest BCUT2D eigenvalue weighted by Crippen LogP contribution is 2.38. The molecule has 3 aromatic carbocycles. The summed E-state index contributed by atoms with van der Waals surface area (Å²) in [5, 5.41) is 7.09. The highest BCUT2D eigenvalue weighted by atomic mass is 19.1. The lowest BCUT2D eigenvalue weighted by Crippen LogP contribution is -2.31. The van der Waals surface area contributed by atoms with E-state index in [-0.39, 0.29) is 22.7 Å².